The maximum absolute atomic E-state index is 12.4. The van der Waals surface area contributed by atoms with Gasteiger partial charge in [-0.1, -0.05) is 0 Å². The molecule has 0 saturated carbocycles. The highest BCUT2D eigenvalue weighted by Gasteiger charge is 2.27. The van der Waals surface area contributed by atoms with Gasteiger partial charge in [-0.3, -0.25) is 9.98 Å². The maximum atomic E-state index is 12.4. The van der Waals surface area contributed by atoms with Crippen molar-refractivity contribution in [3.05, 3.63) is 24.5 Å². The third-order valence-electron chi connectivity index (χ3n) is 4.93. The first kappa shape index (κ1) is 27.3. The molecule has 0 unspecified atom stereocenters. The summed E-state index contributed by atoms with van der Waals surface area (Å²) in [6.45, 7) is 12.1. The van der Waals surface area contributed by atoms with Gasteiger partial charge in [-0.05, 0) is 58.6 Å². The highest BCUT2D eigenvalue weighted by Crippen LogP contribution is 2.20. The summed E-state index contributed by atoms with van der Waals surface area (Å²) in [5.41, 5.74) is -0.466. The second kappa shape index (κ2) is 13.6. The molecule has 0 spiro atoms. The molecule has 0 bridgehead atoms. The van der Waals surface area contributed by atoms with Gasteiger partial charge in [-0.25, -0.2) is 4.79 Å². The SMILES string of the molecule is CCN(CC1CCN(C(=NC)NCCOc2cccnc2)CC1)C(=O)OC(C)(C)C.I. The lowest BCUT2D eigenvalue weighted by molar-refractivity contribution is 0.0214. The highest BCUT2D eigenvalue weighted by molar-refractivity contribution is 14.0. The van der Waals surface area contributed by atoms with Crippen LogP contribution in [-0.2, 0) is 4.74 Å². The first-order chi connectivity index (χ1) is 14.3. The lowest BCUT2D eigenvalue weighted by Gasteiger charge is -2.36. The fraction of sp³-hybridized carbons (Fsp3) is 0.682. The zero-order chi connectivity index (χ0) is 22.0. The molecule has 9 heteroatoms. The predicted molar refractivity (Wildman–Crippen MR) is 134 cm³/mol. The van der Waals surface area contributed by atoms with Crippen LogP contribution in [0.3, 0.4) is 0 Å². The fourth-order valence-electron chi connectivity index (χ4n) is 3.39. The Kier molecular flexibility index (Phi) is 12.0. The average Bonchev–Trinajstić information content (AvgIpc) is 2.72. The zero-order valence-electron chi connectivity index (χ0n) is 19.5. The number of nitrogens with zero attached hydrogens (tertiary/aromatic N) is 4. The number of aliphatic imine (C=N–C) groups is 1. The normalized spacial score (nSPS) is 15.1. The molecule has 2 heterocycles. The van der Waals surface area contributed by atoms with E-state index in [1.807, 2.05) is 44.7 Å². The second-order valence-corrected chi connectivity index (χ2v) is 8.46. The van der Waals surface area contributed by atoms with Gasteiger partial charge in [0.05, 0.1) is 12.7 Å². The van der Waals surface area contributed by atoms with E-state index in [2.05, 4.69) is 20.2 Å². The summed E-state index contributed by atoms with van der Waals surface area (Å²) in [7, 11) is 1.80. The molecule has 1 N–H and O–H groups in total. The molecule has 1 amide bonds. The molecule has 1 aliphatic heterocycles. The van der Waals surface area contributed by atoms with E-state index in [-0.39, 0.29) is 30.1 Å². The molecule has 1 aromatic heterocycles. The van der Waals surface area contributed by atoms with Crippen LogP contribution in [0.15, 0.2) is 29.5 Å². The lowest BCUT2D eigenvalue weighted by atomic mass is 9.96. The number of ether oxygens (including phenoxy) is 2. The van der Waals surface area contributed by atoms with E-state index in [9.17, 15) is 4.79 Å². The number of hydrogen-bond acceptors (Lipinski definition) is 5. The molecule has 1 fully saturated rings. The number of halogens is 1. The van der Waals surface area contributed by atoms with Crippen molar-refractivity contribution in [2.75, 3.05) is 46.4 Å². The van der Waals surface area contributed by atoms with Crippen molar-refractivity contribution in [1.29, 1.82) is 0 Å². The molecule has 1 saturated heterocycles. The van der Waals surface area contributed by atoms with Crippen LogP contribution in [-0.4, -0.2) is 78.8 Å². The van der Waals surface area contributed by atoms with Gasteiger partial charge in [0.25, 0.3) is 0 Å². The minimum atomic E-state index is -0.466. The van der Waals surface area contributed by atoms with E-state index in [0.717, 1.165) is 44.2 Å². The van der Waals surface area contributed by atoms with E-state index in [1.54, 1.807) is 19.4 Å². The first-order valence-corrected chi connectivity index (χ1v) is 10.8. The van der Waals surface area contributed by atoms with Crippen LogP contribution in [0.2, 0.25) is 0 Å². The zero-order valence-corrected chi connectivity index (χ0v) is 21.8. The molecule has 176 valence electrons. The molecule has 1 aromatic rings. The number of carbonyl (C=O) groups is 1. The Balaban J connectivity index is 0.00000480. The van der Waals surface area contributed by atoms with Gasteiger partial charge in [0.2, 0.25) is 0 Å². The predicted octanol–water partition coefficient (Wildman–Crippen LogP) is 3.62. The summed E-state index contributed by atoms with van der Waals surface area (Å²) in [4.78, 5) is 24.9. The van der Waals surface area contributed by atoms with Gasteiger partial charge in [0.1, 0.15) is 18.0 Å². The molecule has 8 nitrogen and oxygen atoms in total. The van der Waals surface area contributed by atoms with Crippen LogP contribution in [0.4, 0.5) is 4.79 Å². The highest BCUT2D eigenvalue weighted by atomic mass is 127. The number of piperidine rings is 1. The minimum Gasteiger partial charge on any atom is -0.490 e. The molecule has 2 rings (SSSR count). The fourth-order valence-corrected chi connectivity index (χ4v) is 3.39. The van der Waals surface area contributed by atoms with Crippen LogP contribution in [0.5, 0.6) is 5.75 Å². The van der Waals surface area contributed by atoms with Crippen molar-refractivity contribution in [1.82, 2.24) is 20.1 Å². The number of guanidine groups is 1. The van der Waals surface area contributed by atoms with E-state index < -0.39 is 5.60 Å². The van der Waals surface area contributed by atoms with Gasteiger partial charge in [0, 0.05) is 39.4 Å². The summed E-state index contributed by atoms with van der Waals surface area (Å²) in [6.07, 6.45) is 5.25. The summed E-state index contributed by atoms with van der Waals surface area (Å²) >= 11 is 0. The standard InChI is InChI=1S/C22H37N5O3.HI/c1-6-26(21(28)30-22(2,3)4)17-18-9-13-27(14-10-18)20(23-5)25-12-15-29-19-8-7-11-24-16-19;/h7-8,11,16,18H,6,9-10,12-15,17H2,1-5H3,(H,23,25);1H. The monoisotopic (exact) mass is 547 g/mol. The summed E-state index contributed by atoms with van der Waals surface area (Å²) in [5.74, 6) is 2.13. The molecule has 31 heavy (non-hydrogen) atoms. The quantitative estimate of drug-likeness (QED) is 0.243. The van der Waals surface area contributed by atoms with E-state index >= 15 is 0 Å². The van der Waals surface area contributed by atoms with E-state index in [0.29, 0.717) is 25.6 Å². The average molecular weight is 547 g/mol. The smallest absolute Gasteiger partial charge is 0.410 e. The number of hydrogen-bond donors (Lipinski definition) is 1. The molecule has 0 radical (unpaired) electrons. The number of pyridine rings is 1. The molecular formula is C22H38IN5O3. The van der Waals surface area contributed by atoms with E-state index in [4.69, 9.17) is 9.47 Å². The van der Waals surface area contributed by atoms with Crippen molar-refractivity contribution in [3.63, 3.8) is 0 Å². The topological polar surface area (TPSA) is 79.3 Å². The number of carbonyl (C=O) groups excluding carboxylic acids is 1. The van der Waals surface area contributed by atoms with Crippen LogP contribution >= 0.6 is 24.0 Å². The Hall–Kier alpha value is -1.78. The van der Waals surface area contributed by atoms with Gasteiger partial charge >= 0.3 is 6.09 Å². The maximum Gasteiger partial charge on any atom is 0.410 e. The number of likely N-dealkylation sites (tertiary alicyclic amines) is 1. The van der Waals surface area contributed by atoms with Crippen LogP contribution in [0.25, 0.3) is 0 Å². The van der Waals surface area contributed by atoms with Gasteiger partial charge in [0.15, 0.2) is 5.96 Å². The molecular weight excluding hydrogens is 509 g/mol. The van der Waals surface area contributed by atoms with Crippen molar-refractivity contribution in [2.45, 2.75) is 46.1 Å². The molecule has 0 aliphatic carbocycles. The van der Waals surface area contributed by atoms with Crippen LogP contribution < -0.4 is 10.1 Å². The Morgan fingerprint density at radius 1 is 1.35 bits per heavy atom. The van der Waals surface area contributed by atoms with Crippen LogP contribution in [0, 0.1) is 5.92 Å². The van der Waals surface area contributed by atoms with E-state index in [1.165, 1.54) is 0 Å². The summed E-state index contributed by atoms with van der Waals surface area (Å²) in [5, 5.41) is 3.37. The number of nitrogens with one attached hydrogen (secondary N) is 1. The first-order valence-electron chi connectivity index (χ1n) is 10.8. The molecule has 0 aromatic carbocycles. The number of amides is 1. The second-order valence-electron chi connectivity index (χ2n) is 8.46. The Bertz CT molecular complexity index is 673. The van der Waals surface area contributed by atoms with Gasteiger partial charge in [-0.2, -0.15) is 0 Å². The van der Waals surface area contributed by atoms with Crippen molar-refractivity contribution >= 4 is 36.0 Å². The van der Waals surface area contributed by atoms with Crippen molar-refractivity contribution < 1.29 is 14.3 Å². The lowest BCUT2D eigenvalue weighted by Crippen LogP contribution is -2.48. The third kappa shape index (κ3) is 9.92. The number of aromatic nitrogens is 1. The summed E-state index contributed by atoms with van der Waals surface area (Å²) in [6, 6.07) is 3.75. The number of rotatable bonds is 7. The third-order valence-corrected chi connectivity index (χ3v) is 4.93. The minimum absolute atomic E-state index is 0. The molecule has 1 aliphatic rings. The van der Waals surface area contributed by atoms with Crippen molar-refractivity contribution in [3.8, 4) is 5.75 Å². The summed E-state index contributed by atoms with van der Waals surface area (Å²) < 4.78 is 11.2. The molecule has 0 atom stereocenters. The Labute approximate surface area is 203 Å². The van der Waals surface area contributed by atoms with Gasteiger partial charge < -0.3 is 24.6 Å². The van der Waals surface area contributed by atoms with Crippen LogP contribution in [0.1, 0.15) is 40.5 Å². The Morgan fingerprint density at radius 2 is 2.06 bits per heavy atom. The van der Waals surface area contributed by atoms with Gasteiger partial charge in [-0.15, -0.1) is 24.0 Å². The largest absolute Gasteiger partial charge is 0.490 e. The Morgan fingerprint density at radius 3 is 2.61 bits per heavy atom. The van der Waals surface area contributed by atoms with Crippen molar-refractivity contribution in [2.24, 2.45) is 10.9 Å².